The summed E-state index contributed by atoms with van der Waals surface area (Å²) in [5, 5.41) is 3.35. The molecule has 1 aromatic heterocycles. The molecule has 1 unspecified atom stereocenters. The van der Waals surface area contributed by atoms with E-state index < -0.39 is 0 Å². The van der Waals surface area contributed by atoms with E-state index in [1.165, 1.54) is 0 Å². The van der Waals surface area contributed by atoms with Crippen molar-refractivity contribution in [1.82, 2.24) is 9.97 Å². The van der Waals surface area contributed by atoms with Crippen LogP contribution in [0.5, 0.6) is 0 Å². The van der Waals surface area contributed by atoms with Gasteiger partial charge in [0.25, 0.3) is 0 Å². The molecule has 0 bridgehead atoms. The van der Waals surface area contributed by atoms with Crippen LogP contribution in [-0.4, -0.2) is 22.6 Å². The Hall–Kier alpha value is -1.16. The molecule has 108 valence electrons. The molecule has 0 spiro atoms. The van der Waals surface area contributed by atoms with E-state index in [1.807, 2.05) is 13.0 Å². The number of anilines is 1. The molecule has 0 saturated carbocycles. The van der Waals surface area contributed by atoms with Gasteiger partial charge in [-0.1, -0.05) is 40.5 Å². The van der Waals surface area contributed by atoms with Crippen LogP contribution in [0, 0.1) is 12.8 Å². The Morgan fingerprint density at radius 3 is 2.37 bits per heavy atom. The first-order chi connectivity index (χ1) is 8.97. The second kappa shape index (κ2) is 7.43. The van der Waals surface area contributed by atoms with Gasteiger partial charge in [0, 0.05) is 30.3 Å². The van der Waals surface area contributed by atoms with Gasteiger partial charge in [0.05, 0.1) is 0 Å². The molecule has 0 radical (unpaired) electrons. The smallest absolute Gasteiger partial charge is 0.133 e. The molecule has 1 rings (SSSR count). The van der Waals surface area contributed by atoms with Crippen LogP contribution in [0.2, 0.25) is 0 Å². The maximum Gasteiger partial charge on any atom is 0.133 e. The van der Waals surface area contributed by atoms with E-state index in [4.69, 9.17) is 5.73 Å². The predicted molar refractivity (Wildman–Crippen MR) is 81.4 cm³/mol. The van der Waals surface area contributed by atoms with Gasteiger partial charge in [0.1, 0.15) is 11.6 Å². The number of nitrogens with zero attached hydrogens (tertiary/aromatic N) is 2. The van der Waals surface area contributed by atoms with E-state index >= 15 is 0 Å². The Balaban J connectivity index is 2.67. The molecular weight excluding hydrogens is 236 g/mol. The highest BCUT2D eigenvalue weighted by Crippen LogP contribution is 2.15. The topological polar surface area (TPSA) is 63.8 Å². The van der Waals surface area contributed by atoms with Crippen LogP contribution in [0.4, 0.5) is 5.82 Å². The van der Waals surface area contributed by atoms with Crippen molar-refractivity contribution < 1.29 is 0 Å². The first kappa shape index (κ1) is 15.9. The highest BCUT2D eigenvalue weighted by molar-refractivity contribution is 5.36. The van der Waals surface area contributed by atoms with Gasteiger partial charge >= 0.3 is 0 Å². The van der Waals surface area contributed by atoms with Crippen LogP contribution >= 0.6 is 0 Å². The van der Waals surface area contributed by atoms with E-state index in [2.05, 4.69) is 43.0 Å². The molecule has 1 aromatic rings. The molecule has 4 nitrogen and oxygen atoms in total. The minimum Gasteiger partial charge on any atom is -0.368 e. The highest BCUT2D eigenvalue weighted by atomic mass is 15.0. The van der Waals surface area contributed by atoms with Crippen molar-refractivity contribution in [2.45, 2.75) is 59.4 Å². The summed E-state index contributed by atoms with van der Waals surface area (Å²) < 4.78 is 0. The second-order valence-corrected chi connectivity index (χ2v) is 5.53. The Bertz CT molecular complexity index is 386. The zero-order valence-electron chi connectivity index (χ0n) is 12.9. The maximum atomic E-state index is 6.22. The minimum atomic E-state index is 0.174. The summed E-state index contributed by atoms with van der Waals surface area (Å²) in [5.41, 5.74) is 7.21. The summed E-state index contributed by atoms with van der Waals surface area (Å²) in [5.74, 6) is 2.68. The zero-order valence-corrected chi connectivity index (χ0v) is 12.9. The number of nitrogens with one attached hydrogen (secondary N) is 1. The third kappa shape index (κ3) is 4.78. The predicted octanol–water partition coefficient (Wildman–Crippen LogP) is 3.08. The third-order valence-electron chi connectivity index (χ3n) is 3.56. The lowest BCUT2D eigenvalue weighted by Gasteiger charge is -2.22. The Kier molecular flexibility index (Phi) is 6.22. The van der Waals surface area contributed by atoms with Crippen LogP contribution in [0.1, 0.15) is 58.0 Å². The van der Waals surface area contributed by atoms with Gasteiger partial charge in [-0.2, -0.15) is 0 Å². The Morgan fingerprint density at radius 1 is 1.21 bits per heavy atom. The Morgan fingerprint density at radius 2 is 1.84 bits per heavy atom. The molecule has 0 saturated heterocycles. The van der Waals surface area contributed by atoms with Crippen LogP contribution in [0.3, 0.4) is 0 Å². The van der Waals surface area contributed by atoms with Gasteiger partial charge in [-0.05, 0) is 12.8 Å². The molecule has 19 heavy (non-hydrogen) atoms. The fraction of sp³-hybridized carbons (Fsp3) is 0.733. The standard InChI is InChI=1S/C15H28N4/c1-6-12(7-2)13(16)9-17-14-8-11(5)18-15(19-14)10(3)4/h8,10,12-13H,6-7,9,16H2,1-5H3,(H,17,18,19). The highest BCUT2D eigenvalue weighted by Gasteiger charge is 2.14. The number of nitrogens with two attached hydrogens (primary N) is 1. The van der Waals surface area contributed by atoms with Crippen molar-refractivity contribution in [2.75, 3.05) is 11.9 Å². The lowest BCUT2D eigenvalue weighted by atomic mass is 9.95. The quantitative estimate of drug-likeness (QED) is 0.794. The number of aryl methyl sites for hydroxylation is 1. The van der Waals surface area contributed by atoms with E-state index in [0.29, 0.717) is 11.8 Å². The molecule has 1 atom stereocenters. The monoisotopic (exact) mass is 264 g/mol. The summed E-state index contributed by atoms with van der Waals surface area (Å²) in [4.78, 5) is 8.98. The van der Waals surface area contributed by atoms with Crippen LogP contribution in [-0.2, 0) is 0 Å². The molecule has 0 fully saturated rings. The van der Waals surface area contributed by atoms with Crippen molar-refractivity contribution in [3.05, 3.63) is 17.6 Å². The molecule has 0 aliphatic carbocycles. The number of hydrogen-bond donors (Lipinski definition) is 2. The number of rotatable bonds is 7. The van der Waals surface area contributed by atoms with Crippen molar-refractivity contribution in [3.63, 3.8) is 0 Å². The molecule has 0 aliphatic rings. The lowest BCUT2D eigenvalue weighted by molar-refractivity contribution is 0.407. The summed E-state index contributed by atoms with van der Waals surface area (Å²) in [6.45, 7) is 11.4. The molecule has 4 heteroatoms. The van der Waals surface area contributed by atoms with Crippen molar-refractivity contribution in [2.24, 2.45) is 11.7 Å². The maximum absolute atomic E-state index is 6.22. The van der Waals surface area contributed by atoms with Gasteiger partial charge in [-0.25, -0.2) is 9.97 Å². The average Bonchev–Trinajstić information content (AvgIpc) is 2.37. The van der Waals surface area contributed by atoms with Gasteiger partial charge in [0.15, 0.2) is 0 Å². The third-order valence-corrected chi connectivity index (χ3v) is 3.56. The van der Waals surface area contributed by atoms with E-state index in [9.17, 15) is 0 Å². The van der Waals surface area contributed by atoms with E-state index in [-0.39, 0.29) is 6.04 Å². The first-order valence-corrected chi connectivity index (χ1v) is 7.32. The molecule has 0 aliphatic heterocycles. The molecule has 0 amide bonds. The van der Waals surface area contributed by atoms with E-state index in [1.54, 1.807) is 0 Å². The number of aromatic nitrogens is 2. The normalized spacial score (nSPS) is 13.1. The Labute approximate surface area is 117 Å². The van der Waals surface area contributed by atoms with Crippen LogP contribution in [0.25, 0.3) is 0 Å². The summed E-state index contributed by atoms with van der Waals surface area (Å²) >= 11 is 0. The minimum absolute atomic E-state index is 0.174. The fourth-order valence-electron chi connectivity index (χ4n) is 2.22. The first-order valence-electron chi connectivity index (χ1n) is 7.32. The van der Waals surface area contributed by atoms with Gasteiger partial charge in [0.2, 0.25) is 0 Å². The van der Waals surface area contributed by atoms with Crippen molar-refractivity contribution >= 4 is 5.82 Å². The zero-order chi connectivity index (χ0) is 14.4. The summed E-state index contributed by atoms with van der Waals surface area (Å²) in [6, 6.07) is 2.15. The largest absolute Gasteiger partial charge is 0.368 e. The summed E-state index contributed by atoms with van der Waals surface area (Å²) in [6.07, 6.45) is 2.25. The lowest BCUT2D eigenvalue weighted by Crippen LogP contribution is -2.36. The molecular formula is C15H28N4. The SMILES string of the molecule is CCC(CC)C(N)CNc1cc(C)nc(C(C)C)n1. The summed E-state index contributed by atoms with van der Waals surface area (Å²) in [7, 11) is 0. The molecule has 1 heterocycles. The number of hydrogen-bond acceptors (Lipinski definition) is 4. The van der Waals surface area contributed by atoms with Gasteiger partial charge < -0.3 is 11.1 Å². The van der Waals surface area contributed by atoms with Crippen LogP contribution < -0.4 is 11.1 Å². The van der Waals surface area contributed by atoms with Gasteiger partial charge in [-0.3, -0.25) is 0 Å². The fourth-order valence-corrected chi connectivity index (χ4v) is 2.22. The molecule has 0 aromatic carbocycles. The van der Waals surface area contributed by atoms with Crippen molar-refractivity contribution in [3.8, 4) is 0 Å². The van der Waals surface area contributed by atoms with Crippen LogP contribution in [0.15, 0.2) is 6.07 Å². The van der Waals surface area contributed by atoms with E-state index in [0.717, 1.165) is 36.7 Å². The van der Waals surface area contributed by atoms with Crippen molar-refractivity contribution in [1.29, 1.82) is 0 Å². The molecule has 3 N–H and O–H groups in total. The average molecular weight is 264 g/mol. The second-order valence-electron chi connectivity index (χ2n) is 5.53. The van der Waals surface area contributed by atoms with Gasteiger partial charge in [-0.15, -0.1) is 0 Å².